The van der Waals surface area contributed by atoms with Crippen molar-refractivity contribution in [3.63, 3.8) is 0 Å². The number of methoxy groups -OCH3 is 3. The largest absolute Gasteiger partial charge is 0.493 e. The highest BCUT2D eigenvalue weighted by atomic mass is 16.5. The summed E-state index contributed by atoms with van der Waals surface area (Å²) in [7, 11) is 4.66. The number of anilines is 1. The highest BCUT2D eigenvalue weighted by Gasteiger charge is 2.52. The second kappa shape index (κ2) is 6.54. The van der Waals surface area contributed by atoms with Crippen LogP contribution in [0.15, 0.2) is 42.6 Å². The minimum Gasteiger partial charge on any atom is -0.493 e. The highest BCUT2D eigenvalue weighted by molar-refractivity contribution is 6.04. The van der Waals surface area contributed by atoms with Crippen LogP contribution in [0.25, 0.3) is 10.9 Å². The van der Waals surface area contributed by atoms with Gasteiger partial charge in [0.05, 0.1) is 26.7 Å². The SMILES string of the molecule is COc1cc(NC(=O)C2(c3c[nH]c4ccccc34)CC2)cc(OC)c1OC. The van der Waals surface area contributed by atoms with Crippen molar-refractivity contribution in [2.75, 3.05) is 26.6 Å². The van der Waals surface area contributed by atoms with Crippen LogP contribution in [0.4, 0.5) is 5.69 Å². The number of aromatic amines is 1. The standard InChI is InChI=1S/C21H22N2O4/c1-25-17-10-13(11-18(26-2)19(17)27-3)23-20(24)21(8-9-21)15-12-22-16-7-5-4-6-14(15)16/h4-7,10-12,22H,8-9H2,1-3H3,(H,23,24). The minimum atomic E-state index is -0.500. The third-order valence-electron chi connectivity index (χ3n) is 5.21. The number of carbonyl (C=O) groups is 1. The first kappa shape index (κ1) is 17.3. The van der Waals surface area contributed by atoms with Gasteiger partial charge in [0, 0.05) is 34.9 Å². The molecule has 1 heterocycles. The summed E-state index contributed by atoms with van der Waals surface area (Å²) >= 11 is 0. The Balaban J connectivity index is 1.66. The van der Waals surface area contributed by atoms with Gasteiger partial charge < -0.3 is 24.5 Å². The number of rotatable bonds is 6. The Hall–Kier alpha value is -3.15. The van der Waals surface area contributed by atoms with Crippen molar-refractivity contribution in [1.29, 1.82) is 0 Å². The monoisotopic (exact) mass is 366 g/mol. The van der Waals surface area contributed by atoms with Gasteiger partial charge in [0.15, 0.2) is 11.5 Å². The van der Waals surface area contributed by atoms with Crippen LogP contribution < -0.4 is 19.5 Å². The molecule has 0 bridgehead atoms. The van der Waals surface area contributed by atoms with E-state index in [2.05, 4.69) is 10.3 Å². The Morgan fingerprint density at radius 3 is 2.30 bits per heavy atom. The van der Waals surface area contributed by atoms with Crippen LogP contribution in [0, 0.1) is 0 Å². The summed E-state index contributed by atoms with van der Waals surface area (Å²) in [5, 5.41) is 4.12. The van der Waals surface area contributed by atoms with E-state index in [0.717, 1.165) is 29.3 Å². The first-order valence-corrected chi connectivity index (χ1v) is 8.81. The molecule has 1 aliphatic carbocycles. The molecule has 4 rings (SSSR count). The summed E-state index contributed by atoms with van der Waals surface area (Å²) in [5.74, 6) is 1.48. The van der Waals surface area contributed by atoms with E-state index < -0.39 is 5.41 Å². The molecule has 0 unspecified atom stereocenters. The fourth-order valence-electron chi connectivity index (χ4n) is 3.62. The van der Waals surface area contributed by atoms with Gasteiger partial charge in [-0.05, 0) is 24.5 Å². The van der Waals surface area contributed by atoms with Crippen LogP contribution in [0.2, 0.25) is 0 Å². The number of ether oxygens (including phenoxy) is 3. The molecule has 3 aromatic rings. The van der Waals surface area contributed by atoms with Crippen LogP contribution in [0.3, 0.4) is 0 Å². The van der Waals surface area contributed by atoms with E-state index in [9.17, 15) is 4.79 Å². The van der Waals surface area contributed by atoms with Crippen molar-refractivity contribution in [2.45, 2.75) is 18.3 Å². The Bertz CT molecular complexity index is 979. The Morgan fingerprint density at radius 1 is 1.04 bits per heavy atom. The zero-order valence-corrected chi connectivity index (χ0v) is 15.6. The number of aromatic nitrogens is 1. The van der Waals surface area contributed by atoms with E-state index in [1.807, 2.05) is 30.5 Å². The van der Waals surface area contributed by atoms with E-state index >= 15 is 0 Å². The number of H-pyrrole nitrogens is 1. The lowest BCUT2D eigenvalue weighted by Crippen LogP contribution is -2.27. The van der Waals surface area contributed by atoms with Crippen molar-refractivity contribution in [2.24, 2.45) is 0 Å². The predicted octanol–water partition coefficient (Wildman–Crippen LogP) is 3.86. The van der Waals surface area contributed by atoms with Crippen molar-refractivity contribution in [1.82, 2.24) is 4.98 Å². The van der Waals surface area contributed by atoms with Gasteiger partial charge in [0.1, 0.15) is 0 Å². The average molecular weight is 366 g/mol. The number of fused-ring (bicyclic) bond motifs is 1. The topological polar surface area (TPSA) is 72.6 Å². The third kappa shape index (κ3) is 2.77. The van der Waals surface area contributed by atoms with Gasteiger partial charge in [-0.1, -0.05) is 18.2 Å². The molecule has 6 heteroatoms. The number of para-hydroxylation sites is 1. The Kier molecular flexibility index (Phi) is 4.18. The number of carbonyl (C=O) groups excluding carboxylic acids is 1. The molecule has 1 aliphatic rings. The summed E-state index contributed by atoms with van der Waals surface area (Å²) in [5.41, 5.74) is 2.20. The average Bonchev–Trinajstić information content (AvgIpc) is 3.40. The normalized spacial score (nSPS) is 14.6. The lowest BCUT2D eigenvalue weighted by molar-refractivity contribution is -0.118. The third-order valence-corrected chi connectivity index (χ3v) is 5.21. The summed E-state index contributed by atoms with van der Waals surface area (Å²) < 4.78 is 16.1. The van der Waals surface area contributed by atoms with Crippen molar-refractivity contribution in [3.05, 3.63) is 48.2 Å². The molecule has 1 aromatic heterocycles. The number of benzene rings is 2. The van der Waals surface area contributed by atoms with Gasteiger partial charge >= 0.3 is 0 Å². The zero-order valence-electron chi connectivity index (χ0n) is 15.6. The second-order valence-electron chi connectivity index (χ2n) is 6.70. The minimum absolute atomic E-state index is 0.0264. The molecule has 1 saturated carbocycles. The molecule has 0 aliphatic heterocycles. The highest BCUT2D eigenvalue weighted by Crippen LogP contribution is 2.51. The fraction of sp³-hybridized carbons (Fsp3) is 0.286. The van der Waals surface area contributed by atoms with E-state index in [-0.39, 0.29) is 5.91 Å². The molecule has 27 heavy (non-hydrogen) atoms. The predicted molar refractivity (Wildman–Crippen MR) is 104 cm³/mol. The summed E-state index contributed by atoms with van der Waals surface area (Å²) in [6.45, 7) is 0. The van der Waals surface area contributed by atoms with E-state index in [1.165, 1.54) is 0 Å². The van der Waals surface area contributed by atoms with Crippen LogP contribution in [-0.4, -0.2) is 32.2 Å². The van der Waals surface area contributed by atoms with Crippen LogP contribution in [-0.2, 0) is 10.2 Å². The van der Waals surface area contributed by atoms with Gasteiger partial charge in [-0.25, -0.2) is 0 Å². The fourth-order valence-corrected chi connectivity index (χ4v) is 3.62. The molecule has 0 radical (unpaired) electrons. The van der Waals surface area contributed by atoms with E-state index in [1.54, 1.807) is 33.5 Å². The maximum absolute atomic E-state index is 13.2. The molecule has 2 N–H and O–H groups in total. The molecular weight excluding hydrogens is 344 g/mol. The molecule has 1 fully saturated rings. The summed E-state index contributed by atoms with van der Waals surface area (Å²) in [6, 6.07) is 11.5. The molecule has 2 aromatic carbocycles. The second-order valence-corrected chi connectivity index (χ2v) is 6.70. The van der Waals surface area contributed by atoms with Crippen molar-refractivity contribution < 1.29 is 19.0 Å². The van der Waals surface area contributed by atoms with Gasteiger partial charge in [0.25, 0.3) is 0 Å². The van der Waals surface area contributed by atoms with Gasteiger partial charge in [-0.2, -0.15) is 0 Å². The lowest BCUT2D eigenvalue weighted by atomic mass is 9.94. The maximum atomic E-state index is 13.2. The first-order chi connectivity index (χ1) is 13.1. The zero-order chi connectivity index (χ0) is 19.0. The van der Waals surface area contributed by atoms with Crippen LogP contribution >= 0.6 is 0 Å². The molecule has 0 spiro atoms. The number of hydrogen-bond acceptors (Lipinski definition) is 4. The molecule has 140 valence electrons. The molecule has 6 nitrogen and oxygen atoms in total. The Labute approximate surface area is 157 Å². The summed E-state index contributed by atoms with van der Waals surface area (Å²) in [6.07, 6.45) is 3.60. The van der Waals surface area contributed by atoms with E-state index in [4.69, 9.17) is 14.2 Å². The van der Waals surface area contributed by atoms with Crippen LogP contribution in [0.1, 0.15) is 18.4 Å². The number of nitrogens with one attached hydrogen (secondary N) is 2. The number of amides is 1. The van der Waals surface area contributed by atoms with Crippen molar-refractivity contribution >= 4 is 22.5 Å². The van der Waals surface area contributed by atoms with Gasteiger partial charge in [-0.15, -0.1) is 0 Å². The molecule has 0 atom stereocenters. The van der Waals surface area contributed by atoms with Gasteiger partial charge in [-0.3, -0.25) is 4.79 Å². The smallest absolute Gasteiger partial charge is 0.235 e. The number of hydrogen-bond donors (Lipinski definition) is 2. The van der Waals surface area contributed by atoms with E-state index in [0.29, 0.717) is 22.9 Å². The first-order valence-electron chi connectivity index (χ1n) is 8.81. The Morgan fingerprint density at radius 2 is 1.70 bits per heavy atom. The quantitative estimate of drug-likeness (QED) is 0.695. The lowest BCUT2D eigenvalue weighted by Gasteiger charge is -2.18. The van der Waals surface area contributed by atoms with Crippen LogP contribution in [0.5, 0.6) is 17.2 Å². The molecule has 0 saturated heterocycles. The van der Waals surface area contributed by atoms with Gasteiger partial charge in [0.2, 0.25) is 11.7 Å². The molecular formula is C21H22N2O4. The van der Waals surface area contributed by atoms with Crippen molar-refractivity contribution in [3.8, 4) is 17.2 Å². The molecule has 1 amide bonds. The summed E-state index contributed by atoms with van der Waals surface area (Å²) in [4.78, 5) is 16.4. The maximum Gasteiger partial charge on any atom is 0.235 e.